The second-order valence-corrected chi connectivity index (χ2v) is 10.4. The van der Waals surface area contributed by atoms with Crippen LogP contribution in [0, 0.1) is 10.2 Å². The first-order valence-corrected chi connectivity index (χ1v) is 10.4. The summed E-state index contributed by atoms with van der Waals surface area (Å²) in [5.41, 5.74) is 0. The molecule has 2 aromatic carbocycles. The second-order valence-electron chi connectivity index (χ2n) is 3.98. The Hall–Kier alpha value is -1.69. The molecule has 0 saturated carbocycles. The van der Waals surface area contributed by atoms with E-state index in [1.807, 2.05) is 0 Å². The molecule has 2 aromatic rings. The van der Waals surface area contributed by atoms with Crippen LogP contribution in [0.3, 0.4) is 0 Å². The van der Waals surface area contributed by atoms with Crippen molar-refractivity contribution in [2.24, 2.45) is 0 Å². The molecule has 6 nitrogen and oxygen atoms in total. The van der Waals surface area contributed by atoms with Crippen molar-refractivity contribution in [3.05, 3.63) is 60.7 Å². The third kappa shape index (κ3) is 3.21. The number of nitrogens with zero attached hydrogens (tertiary/aromatic N) is 2. The molecule has 0 aliphatic heterocycles. The van der Waals surface area contributed by atoms with Gasteiger partial charge in [-0.1, -0.05) is 0 Å². The Morgan fingerprint density at radius 2 is 1.14 bits per heavy atom. The molecular formula is C13H10N2O4S2Se. The van der Waals surface area contributed by atoms with Crippen molar-refractivity contribution in [1.29, 1.82) is 5.26 Å². The van der Waals surface area contributed by atoms with E-state index in [-0.39, 0.29) is 12.5 Å². The molecule has 0 amide bonds. The number of hydrogen-bond donors (Lipinski definition) is 0. The van der Waals surface area contributed by atoms with Crippen molar-refractivity contribution in [3.8, 4) is 4.97 Å². The molecular weight excluding hydrogens is 391 g/mol. The topological polar surface area (TPSA) is 95.3 Å². The molecule has 2 rings (SSSR count). The molecule has 0 saturated heterocycles. The van der Waals surface area contributed by atoms with E-state index in [1.165, 1.54) is 48.5 Å². The maximum atomic E-state index is 12.6. The molecule has 22 heavy (non-hydrogen) atoms. The summed E-state index contributed by atoms with van der Waals surface area (Å²) in [4.78, 5) is 1.30. The van der Waals surface area contributed by atoms with Crippen LogP contribution in [0.15, 0.2) is 70.5 Å². The van der Waals surface area contributed by atoms with Gasteiger partial charge in [0.1, 0.15) is 0 Å². The van der Waals surface area contributed by atoms with Crippen molar-refractivity contribution >= 4 is 35.2 Å². The van der Waals surface area contributed by atoms with Crippen molar-refractivity contribution in [2.45, 2.75) is 9.79 Å². The van der Waals surface area contributed by atoms with Gasteiger partial charge in [-0.05, 0) is 0 Å². The normalized spacial score (nSPS) is 12.0. The van der Waals surface area contributed by atoms with Gasteiger partial charge in [-0.25, -0.2) is 0 Å². The number of sulfonamides is 2. The Morgan fingerprint density at radius 1 is 0.773 bits per heavy atom. The van der Waals surface area contributed by atoms with Crippen LogP contribution in [-0.4, -0.2) is 34.7 Å². The van der Waals surface area contributed by atoms with Crippen LogP contribution in [0.5, 0.6) is 0 Å². The zero-order valence-corrected chi connectivity index (χ0v) is 14.4. The Balaban J connectivity index is 2.59. The average molecular weight is 401 g/mol. The van der Waals surface area contributed by atoms with E-state index in [0.29, 0.717) is 0 Å². The molecule has 0 aromatic heterocycles. The summed E-state index contributed by atoms with van der Waals surface area (Å²) in [7, 11) is -8.64. The number of nitriles is 1. The summed E-state index contributed by atoms with van der Waals surface area (Å²) < 4.78 is 50.5. The van der Waals surface area contributed by atoms with Gasteiger partial charge in [0.2, 0.25) is 0 Å². The summed E-state index contributed by atoms with van der Waals surface area (Å²) >= 11 is -1.43. The van der Waals surface area contributed by atoms with Gasteiger partial charge in [-0.15, -0.1) is 0 Å². The maximum absolute atomic E-state index is 12.6. The van der Waals surface area contributed by atoms with Crippen LogP contribution in [0.1, 0.15) is 0 Å². The van der Waals surface area contributed by atoms with Gasteiger partial charge in [0.15, 0.2) is 0 Å². The van der Waals surface area contributed by atoms with Crippen LogP contribution in [0.25, 0.3) is 0 Å². The molecule has 0 fully saturated rings. The minimum atomic E-state index is -4.32. The van der Waals surface area contributed by atoms with Crippen LogP contribution >= 0.6 is 0 Å². The fourth-order valence-electron chi connectivity index (χ4n) is 1.62. The Bertz CT molecular complexity index is 823. The van der Waals surface area contributed by atoms with Crippen LogP contribution in [-0.2, 0) is 20.0 Å². The monoisotopic (exact) mass is 402 g/mol. The Labute approximate surface area is 135 Å². The summed E-state index contributed by atoms with van der Waals surface area (Å²) in [6.07, 6.45) is 0. The van der Waals surface area contributed by atoms with Crippen molar-refractivity contribution < 1.29 is 16.8 Å². The van der Waals surface area contributed by atoms with Crippen molar-refractivity contribution in [2.75, 3.05) is 0 Å². The van der Waals surface area contributed by atoms with E-state index >= 15 is 0 Å². The molecule has 0 aliphatic carbocycles. The van der Waals surface area contributed by atoms with Gasteiger partial charge in [0, 0.05) is 0 Å². The third-order valence-corrected chi connectivity index (χ3v) is 10.0. The van der Waals surface area contributed by atoms with Crippen molar-refractivity contribution in [3.63, 3.8) is 0 Å². The zero-order chi connectivity index (χ0) is 16.2. The first-order chi connectivity index (χ1) is 10.4. The fraction of sp³-hybridized carbons (Fsp3) is 0. The van der Waals surface area contributed by atoms with Gasteiger partial charge in [0.25, 0.3) is 0 Å². The average Bonchev–Trinajstić information content (AvgIpc) is 2.54. The van der Waals surface area contributed by atoms with Gasteiger partial charge in [-0.2, -0.15) is 0 Å². The van der Waals surface area contributed by atoms with E-state index < -0.39 is 35.2 Å². The summed E-state index contributed by atoms with van der Waals surface area (Å²) in [6, 6.07) is 14.3. The van der Waals surface area contributed by atoms with Gasteiger partial charge < -0.3 is 0 Å². The van der Waals surface area contributed by atoms with Gasteiger partial charge in [-0.3, -0.25) is 0 Å². The molecule has 0 heterocycles. The van der Waals surface area contributed by atoms with E-state index in [0.717, 1.165) is 0 Å². The predicted octanol–water partition coefficient (Wildman–Crippen LogP) is 1.17. The third-order valence-electron chi connectivity index (χ3n) is 2.59. The summed E-state index contributed by atoms with van der Waals surface area (Å²) in [6.45, 7) is 0. The van der Waals surface area contributed by atoms with E-state index in [2.05, 4.69) is 0 Å². The number of rotatable bonds is 5. The van der Waals surface area contributed by atoms with Crippen LogP contribution in [0.4, 0.5) is 0 Å². The first-order valence-electron chi connectivity index (χ1n) is 5.87. The molecule has 0 bridgehead atoms. The number of hydrogen-bond acceptors (Lipinski definition) is 5. The predicted molar refractivity (Wildman–Crippen MR) is 80.5 cm³/mol. The summed E-state index contributed by atoms with van der Waals surface area (Å²) in [5, 5.41) is 8.86. The van der Waals surface area contributed by atoms with E-state index in [1.54, 1.807) is 17.1 Å². The van der Waals surface area contributed by atoms with Crippen LogP contribution < -0.4 is 0 Å². The Kier molecular flexibility index (Phi) is 5.01. The molecule has 0 N–H and O–H groups in total. The minimum absolute atomic E-state index is 0.174. The zero-order valence-electron chi connectivity index (χ0n) is 11.0. The van der Waals surface area contributed by atoms with Gasteiger partial charge in [0.05, 0.1) is 0 Å². The van der Waals surface area contributed by atoms with E-state index in [4.69, 9.17) is 5.26 Å². The molecule has 0 radical (unpaired) electrons. The molecule has 0 atom stereocenters. The fourth-order valence-corrected chi connectivity index (χ4v) is 7.52. The Morgan fingerprint density at radius 3 is 1.45 bits per heavy atom. The molecule has 114 valence electrons. The number of benzene rings is 2. The van der Waals surface area contributed by atoms with Gasteiger partial charge >= 0.3 is 135 Å². The molecule has 9 heteroatoms. The quantitative estimate of drug-likeness (QED) is 0.701. The first kappa shape index (κ1) is 16.7. The standard InChI is InChI=1S/C13H10N2O4S2Se/c14-11-22-15(20(16,17)12-7-3-1-4-8-12)21(18,19)13-9-5-2-6-10-13/h1-10H. The van der Waals surface area contributed by atoms with E-state index in [9.17, 15) is 16.8 Å². The second kappa shape index (κ2) is 6.60. The SMILES string of the molecule is N#C[Se]N(S(=O)(=O)c1ccccc1)S(=O)(=O)c1ccccc1. The molecule has 0 unspecified atom stereocenters. The van der Waals surface area contributed by atoms with Crippen LogP contribution in [0.2, 0.25) is 0 Å². The van der Waals surface area contributed by atoms with Crippen molar-refractivity contribution in [1.82, 2.24) is 2.73 Å². The molecule has 0 aliphatic rings. The summed E-state index contributed by atoms with van der Waals surface area (Å²) in [5.74, 6) is 0. The molecule has 0 spiro atoms.